The first-order chi connectivity index (χ1) is 9.56. The van der Waals surface area contributed by atoms with Crippen molar-refractivity contribution in [1.82, 2.24) is 15.2 Å². The van der Waals surface area contributed by atoms with Crippen LogP contribution in [0.1, 0.15) is 47.8 Å². The molecule has 1 aliphatic heterocycles. The minimum atomic E-state index is -0.213. The van der Waals surface area contributed by atoms with Gasteiger partial charge in [0.1, 0.15) is 6.54 Å². The third-order valence-corrected chi connectivity index (χ3v) is 4.15. The summed E-state index contributed by atoms with van der Waals surface area (Å²) in [5, 5.41) is 3.00. The van der Waals surface area contributed by atoms with Crippen LogP contribution in [0.2, 0.25) is 0 Å². The van der Waals surface area contributed by atoms with Crippen LogP contribution in [-0.4, -0.2) is 40.3 Å². The lowest BCUT2D eigenvalue weighted by atomic mass is 9.87. The molecule has 2 fully saturated rings. The van der Waals surface area contributed by atoms with Gasteiger partial charge in [-0.1, -0.05) is 12.8 Å². The number of nitrogens with one attached hydrogen (secondary N) is 1. The van der Waals surface area contributed by atoms with E-state index in [1.54, 1.807) is 18.7 Å². The number of hydrogen-bond acceptors (Lipinski definition) is 4. The number of rotatable bonds is 1. The molecule has 1 aromatic heterocycles. The highest BCUT2D eigenvalue weighted by atomic mass is 16.4. The van der Waals surface area contributed by atoms with E-state index in [2.05, 4.69) is 10.3 Å². The molecule has 1 saturated heterocycles. The van der Waals surface area contributed by atoms with Crippen LogP contribution in [0.3, 0.4) is 0 Å². The normalized spacial score (nSPS) is 26.1. The Labute approximate surface area is 117 Å². The quantitative estimate of drug-likeness (QED) is 0.836. The number of hydrogen-bond donors (Lipinski definition) is 1. The molecule has 6 heteroatoms. The lowest BCUT2D eigenvalue weighted by Crippen LogP contribution is -2.62. The predicted molar refractivity (Wildman–Crippen MR) is 71.2 cm³/mol. The molecule has 2 unspecified atom stereocenters. The van der Waals surface area contributed by atoms with Gasteiger partial charge in [-0.05, 0) is 19.8 Å². The molecular weight excluding hydrogens is 258 g/mol. The van der Waals surface area contributed by atoms with Crippen LogP contribution in [0, 0.1) is 13.8 Å². The van der Waals surface area contributed by atoms with E-state index in [-0.39, 0.29) is 36.2 Å². The van der Waals surface area contributed by atoms with Crippen molar-refractivity contribution in [3.05, 3.63) is 17.3 Å². The van der Waals surface area contributed by atoms with Gasteiger partial charge >= 0.3 is 0 Å². The highest BCUT2D eigenvalue weighted by molar-refractivity contribution is 5.96. The van der Waals surface area contributed by atoms with Crippen molar-refractivity contribution in [2.75, 3.05) is 6.54 Å². The number of aryl methyl sites for hydroxylation is 2. The van der Waals surface area contributed by atoms with Crippen LogP contribution in [-0.2, 0) is 4.79 Å². The average molecular weight is 277 g/mol. The van der Waals surface area contributed by atoms with Gasteiger partial charge in [0.2, 0.25) is 11.7 Å². The Morgan fingerprint density at radius 1 is 1.35 bits per heavy atom. The van der Waals surface area contributed by atoms with Crippen molar-refractivity contribution < 1.29 is 14.0 Å². The summed E-state index contributed by atoms with van der Waals surface area (Å²) in [6, 6.07) is 0.164. The number of amides is 2. The highest BCUT2D eigenvalue weighted by Crippen LogP contribution is 2.27. The smallest absolute Gasteiger partial charge is 0.292 e. The summed E-state index contributed by atoms with van der Waals surface area (Å²) in [7, 11) is 0. The van der Waals surface area contributed by atoms with E-state index in [1.165, 1.54) is 0 Å². The lowest BCUT2D eigenvalue weighted by Gasteiger charge is -2.43. The second kappa shape index (κ2) is 4.92. The van der Waals surface area contributed by atoms with Gasteiger partial charge < -0.3 is 14.6 Å². The van der Waals surface area contributed by atoms with Gasteiger partial charge in [-0.3, -0.25) is 9.59 Å². The third kappa shape index (κ3) is 2.19. The number of fused-ring (bicyclic) bond motifs is 1. The first-order valence-corrected chi connectivity index (χ1v) is 7.10. The fourth-order valence-electron chi connectivity index (χ4n) is 3.26. The summed E-state index contributed by atoms with van der Waals surface area (Å²) in [6.07, 6.45) is 4.07. The van der Waals surface area contributed by atoms with Crippen LogP contribution in [0.25, 0.3) is 0 Å². The maximum absolute atomic E-state index is 12.6. The molecule has 0 aromatic carbocycles. The first-order valence-electron chi connectivity index (χ1n) is 7.10. The van der Waals surface area contributed by atoms with Crippen molar-refractivity contribution in [1.29, 1.82) is 0 Å². The van der Waals surface area contributed by atoms with Crippen molar-refractivity contribution >= 4 is 11.8 Å². The van der Waals surface area contributed by atoms with E-state index in [9.17, 15) is 9.59 Å². The minimum Gasteiger partial charge on any atom is -0.436 e. The molecule has 1 saturated carbocycles. The molecule has 108 valence electrons. The van der Waals surface area contributed by atoms with Gasteiger partial charge in [0.25, 0.3) is 5.91 Å². The monoisotopic (exact) mass is 277 g/mol. The number of carbonyl (C=O) groups is 2. The van der Waals surface area contributed by atoms with Gasteiger partial charge in [-0.15, -0.1) is 0 Å². The Kier molecular flexibility index (Phi) is 3.23. The summed E-state index contributed by atoms with van der Waals surface area (Å²) in [4.78, 5) is 30.2. The Morgan fingerprint density at radius 3 is 2.80 bits per heavy atom. The van der Waals surface area contributed by atoms with Crippen molar-refractivity contribution in [3.63, 3.8) is 0 Å². The van der Waals surface area contributed by atoms with Crippen molar-refractivity contribution in [3.8, 4) is 0 Å². The number of aromatic nitrogens is 1. The zero-order valence-corrected chi connectivity index (χ0v) is 11.8. The van der Waals surface area contributed by atoms with Gasteiger partial charge in [0.15, 0.2) is 5.89 Å². The summed E-state index contributed by atoms with van der Waals surface area (Å²) in [6.45, 7) is 3.58. The summed E-state index contributed by atoms with van der Waals surface area (Å²) >= 11 is 0. The van der Waals surface area contributed by atoms with E-state index in [4.69, 9.17) is 4.42 Å². The van der Waals surface area contributed by atoms with Crippen molar-refractivity contribution in [2.24, 2.45) is 0 Å². The molecule has 3 rings (SSSR count). The zero-order chi connectivity index (χ0) is 14.3. The number of piperazine rings is 1. The van der Waals surface area contributed by atoms with E-state index < -0.39 is 0 Å². The van der Waals surface area contributed by atoms with Crippen molar-refractivity contribution in [2.45, 2.75) is 51.6 Å². The maximum Gasteiger partial charge on any atom is 0.292 e. The summed E-state index contributed by atoms with van der Waals surface area (Å²) in [5.41, 5.74) is 0.589. The van der Waals surface area contributed by atoms with E-state index in [0.29, 0.717) is 11.6 Å². The molecule has 2 atom stereocenters. The Bertz CT molecular complexity index is 552. The van der Waals surface area contributed by atoms with E-state index in [0.717, 1.165) is 25.7 Å². The molecule has 2 heterocycles. The van der Waals surface area contributed by atoms with E-state index in [1.807, 2.05) is 0 Å². The second-order valence-electron chi connectivity index (χ2n) is 5.61. The predicted octanol–water partition coefficient (Wildman–Crippen LogP) is 1.17. The molecule has 0 radical (unpaired) electrons. The Hall–Kier alpha value is -1.85. The standard InChI is InChI=1S/C14H19N3O3/c1-8-13(20-9(2)15-8)14(19)17-7-12(18)16-10-5-3-4-6-11(10)17/h10-11H,3-7H2,1-2H3,(H,16,18). The first kappa shape index (κ1) is 13.1. The summed E-state index contributed by atoms with van der Waals surface area (Å²) < 4.78 is 5.41. The maximum atomic E-state index is 12.6. The Morgan fingerprint density at radius 2 is 2.10 bits per heavy atom. The molecule has 1 aromatic rings. The van der Waals surface area contributed by atoms with Gasteiger partial charge in [-0.25, -0.2) is 4.98 Å². The fraction of sp³-hybridized carbons (Fsp3) is 0.643. The second-order valence-corrected chi connectivity index (χ2v) is 5.61. The van der Waals surface area contributed by atoms with Crippen LogP contribution < -0.4 is 5.32 Å². The largest absolute Gasteiger partial charge is 0.436 e. The number of nitrogens with zero attached hydrogens (tertiary/aromatic N) is 2. The van der Waals surface area contributed by atoms with E-state index >= 15 is 0 Å². The number of oxazole rings is 1. The highest BCUT2D eigenvalue weighted by Gasteiger charge is 2.40. The van der Waals surface area contributed by atoms with Crippen LogP contribution >= 0.6 is 0 Å². The molecule has 2 aliphatic rings. The molecule has 1 N–H and O–H groups in total. The fourth-order valence-corrected chi connectivity index (χ4v) is 3.26. The van der Waals surface area contributed by atoms with Crippen LogP contribution in [0.4, 0.5) is 0 Å². The molecule has 2 amide bonds. The molecule has 0 spiro atoms. The molecular formula is C14H19N3O3. The molecule has 1 aliphatic carbocycles. The lowest BCUT2D eigenvalue weighted by molar-refractivity contribution is -0.127. The summed E-state index contributed by atoms with van der Waals surface area (Å²) in [5.74, 6) is 0.444. The Balaban J connectivity index is 1.88. The van der Waals surface area contributed by atoms with Gasteiger partial charge in [-0.2, -0.15) is 0 Å². The van der Waals surface area contributed by atoms with Crippen LogP contribution in [0.15, 0.2) is 4.42 Å². The topological polar surface area (TPSA) is 75.4 Å². The van der Waals surface area contributed by atoms with Gasteiger partial charge in [0.05, 0.1) is 11.7 Å². The molecule has 20 heavy (non-hydrogen) atoms. The van der Waals surface area contributed by atoms with Crippen LogP contribution in [0.5, 0.6) is 0 Å². The number of carbonyl (C=O) groups excluding carboxylic acids is 2. The van der Waals surface area contributed by atoms with Gasteiger partial charge in [0, 0.05) is 13.0 Å². The minimum absolute atomic E-state index is 0.0817. The molecule has 6 nitrogen and oxygen atoms in total. The average Bonchev–Trinajstić information content (AvgIpc) is 2.76. The SMILES string of the molecule is Cc1nc(C)c(C(=O)N2CC(=O)NC3CCCCC32)o1. The molecule has 0 bridgehead atoms. The third-order valence-electron chi connectivity index (χ3n) is 4.15. The zero-order valence-electron chi connectivity index (χ0n) is 11.8.